The number of H-pyrrole nitrogens is 1. The van der Waals surface area contributed by atoms with Crippen molar-refractivity contribution >= 4 is 5.91 Å². The molecule has 2 aromatic rings. The van der Waals surface area contributed by atoms with Gasteiger partial charge in [-0.15, -0.1) is 0 Å². The highest BCUT2D eigenvalue weighted by molar-refractivity contribution is 5.76. The van der Waals surface area contributed by atoms with E-state index < -0.39 is 0 Å². The summed E-state index contributed by atoms with van der Waals surface area (Å²) < 4.78 is 13.7. The predicted molar refractivity (Wildman–Crippen MR) is 77.1 cm³/mol. The molecule has 1 amide bonds. The average molecular weight is 287 g/mol. The Morgan fingerprint density at radius 1 is 1.43 bits per heavy atom. The van der Waals surface area contributed by atoms with Crippen LogP contribution in [0, 0.1) is 5.82 Å². The number of aryl methyl sites for hydroxylation is 1. The van der Waals surface area contributed by atoms with Gasteiger partial charge in [0.2, 0.25) is 5.91 Å². The van der Waals surface area contributed by atoms with E-state index in [-0.39, 0.29) is 18.3 Å². The van der Waals surface area contributed by atoms with E-state index >= 15 is 0 Å². The lowest BCUT2D eigenvalue weighted by atomic mass is 10.1. The van der Waals surface area contributed by atoms with Crippen molar-refractivity contribution in [2.24, 2.45) is 0 Å². The summed E-state index contributed by atoms with van der Waals surface area (Å²) in [4.78, 5) is 18.6. The molecular formula is C16H18FN3O. The molecule has 0 unspecified atom stereocenters. The Morgan fingerprint density at radius 3 is 3.00 bits per heavy atom. The molecule has 5 heteroatoms. The lowest BCUT2D eigenvalue weighted by Gasteiger charge is -2.08. The van der Waals surface area contributed by atoms with E-state index in [4.69, 9.17) is 0 Å². The van der Waals surface area contributed by atoms with Crippen LogP contribution in [0.2, 0.25) is 0 Å². The van der Waals surface area contributed by atoms with E-state index in [2.05, 4.69) is 15.3 Å². The van der Waals surface area contributed by atoms with Gasteiger partial charge in [0.25, 0.3) is 0 Å². The van der Waals surface area contributed by atoms with Gasteiger partial charge >= 0.3 is 0 Å². The second-order valence-electron chi connectivity index (χ2n) is 5.48. The molecule has 110 valence electrons. The second-order valence-corrected chi connectivity index (χ2v) is 5.48. The van der Waals surface area contributed by atoms with Crippen LogP contribution in [0.5, 0.6) is 0 Å². The molecule has 0 bridgehead atoms. The maximum absolute atomic E-state index is 13.7. The Kier molecular flexibility index (Phi) is 3.99. The number of nitrogens with one attached hydrogen (secondary N) is 2. The average Bonchev–Trinajstić information content (AvgIpc) is 3.20. The minimum Gasteiger partial charge on any atom is -0.352 e. The third-order valence-electron chi connectivity index (χ3n) is 3.77. The van der Waals surface area contributed by atoms with E-state index in [9.17, 15) is 9.18 Å². The van der Waals surface area contributed by atoms with Crippen LogP contribution in [0.3, 0.4) is 0 Å². The number of hydrogen-bond acceptors (Lipinski definition) is 2. The van der Waals surface area contributed by atoms with Gasteiger partial charge in [-0.2, -0.15) is 0 Å². The SMILES string of the molecule is O=C(CCc1cnc[nH]1)NCc1cc(C2CC2)ccc1F. The fourth-order valence-electron chi connectivity index (χ4n) is 2.35. The quantitative estimate of drug-likeness (QED) is 0.858. The Bertz CT molecular complexity index is 620. The lowest BCUT2D eigenvalue weighted by Crippen LogP contribution is -2.23. The number of nitrogens with zero attached hydrogens (tertiary/aromatic N) is 1. The van der Waals surface area contributed by atoms with Crippen molar-refractivity contribution in [3.63, 3.8) is 0 Å². The predicted octanol–water partition coefficient (Wildman–Crippen LogP) is 2.68. The van der Waals surface area contributed by atoms with Crippen LogP contribution in [0.25, 0.3) is 0 Å². The van der Waals surface area contributed by atoms with Gasteiger partial charge in [-0.25, -0.2) is 9.37 Å². The van der Waals surface area contributed by atoms with Crippen LogP contribution in [0.4, 0.5) is 4.39 Å². The van der Waals surface area contributed by atoms with Crippen molar-refractivity contribution in [2.45, 2.75) is 38.1 Å². The van der Waals surface area contributed by atoms with Crippen LogP contribution in [-0.4, -0.2) is 15.9 Å². The number of aromatic nitrogens is 2. The van der Waals surface area contributed by atoms with Crippen molar-refractivity contribution in [1.82, 2.24) is 15.3 Å². The minimum atomic E-state index is -0.256. The number of benzene rings is 1. The van der Waals surface area contributed by atoms with Gasteiger partial charge in [-0.3, -0.25) is 4.79 Å². The van der Waals surface area contributed by atoms with E-state index in [1.54, 1.807) is 12.5 Å². The standard InChI is InChI=1S/C16H18FN3O/c17-15-5-3-12(11-1-2-11)7-13(15)8-19-16(21)6-4-14-9-18-10-20-14/h3,5,7,9-11H,1-2,4,6,8H2,(H,18,20)(H,19,21). The summed E-state index contributed by atoms with van der Waals surface area (Å²) in [6, 6.07) is 5.22. The van der Waals surface area contributed by atoms with Gasteiger partial charge in [-0.1, -0.05) is 12.1 Å². The summed E-state index contributed by atoms with van der Waals surface area (Å²) in [5.74, 6) is 0.245. The molecule has 1 fully saturated rings. The number of hydrogen-bond donors (Lipinski definition) is 2. The van der Waals surface area contributed by atoms with Crippen LogP contribution >= 0.6 is 0 Å². The largest absolute Gasteiger partial charge is 0.352 e. The fourth-order valence-corrected chi connectivity index (χ4v) is 2.35. The highest BCUT2D eigenvalue weighted by atomic mass is 19.1. The number of amides is 1. The first-order chi connectivity index (χ1) is 10.2. The Hall–Kier alpha value is -2.17. The number of halogens is 1. The molecule has 3 rings (SSSR count). The Labute approximate surface area is 122 Å². The molecule has 0 spiro atoms. The zero-order valence-electron chi connectivity index (χ0n) is 11.7. The monoisotopic (exact) mass is 287 g/mol. The fraction of sp³-hybridized carbons (Fsp3) is 0.375. The van der Waals surface area contributed by atoms with Crippen LogP contribution in [0.15, 0.2) is 30.7 Å². The van der Waals surface area contributed by atoms with Gasteiger partial charge in [0.1, 0.15) is 5.82 Å². The Balaban J connectivity index is 1.52. The van der Waals surface area contributed by atoms with E-state index in [1.165, 1.54) is 24.5 Å². The molecule has 1 saturated carbocycles. The molecule has 2 N–H and O–H groups in total. The van der Waals surface area contributed by atoms with Crippen LogP contribution in [0.1, 0.15) is 42.0 Å². The smallest absolute Gasteiger partial charge is 0.220 e. The van der Waals surface area contributed by atoms with Crippen molar-refractivity contribution in [3.8, 4) is 0 Å². The number of aromatic amines is 1. The maximum atomic E-state index is 13.7. The zero-order valence-corrected chi connectivity index (χ0v) is 11.7. The molecule has 21 heavy (non-hydrogen) atoms. The van der Waals surface area contributed by atoms with Crippen molar-refractivity contribution in [2.75, 3.05) is 0 Å². The summed E-state index contributed by atoms with van der Waals surface area (Å²) in [5, 5.41) is 2.78. The molecule has 0 radical (unpaired) electrons. The molecule has 0 aliphatic heterocycles. The summed E-state index contributed by atoms with van der Waals surface area (Å²) in [5.41, 5.74) is 2.67. The molecule has 0 atom stereocenters. The highest BCUT2D eigenvalue weighted by Crippen LogP contribution is 2.40. The van der Waals surface area contributed by atoms with Crippen LogP contribution in [-0.2, 0) is 17.8 Å². The summed E-state index contributed by atoms with van der Waals surface area (Å²) in [7, 11) is 0. The number of carbonyl (C=O) groups is 1. The third-order valence-corrected chi connectivity index (χ3v) is 3.77. The van der Waals surface area contributed by atoms with Gasteiger partial charge < -0.3 is 10.3 Å². The molecule has 1 aliphatic rings. The number of rotatable bonds is 6. The third kappa shape index (κ3) is 3.68. The van der Waals surface area contributed by atoms with Gasteiger partial charge in [0, 0.05) is 30.4 Å². The summed E-state index contributed by atoms with van der Waals surface area (Å²) >= 11 is 0. The van der Waals surface area contributed by atoms with E-state index in [1.807, 2.05) is 12.1 Å². The first-order valence-corrected chi connectivity index (χ1v) is 7.24. The molecule has 4 nitrogen and oxygen atoms in total. The Morgan fingerprint density at radius 2 is 2.29 bits per heavy atom. The molecule has 1 aromatic heterocycles. The van der Waals surface area contributed by atoms with Gasteiger partial charge in [-0.05, 0) is 36.8 Å². The van der Waals surface area contributed by atoms with Crippen molar-refractivity contribution in [1.29, 1.82) is 0 Å². The molecule has 0 saturated heterocycles. The maximum Gasteiger partial charge on any atom is 0.220 e. The molecular weight excluding hydrogens is 269 g/mol. The molecule has 1 aliphatic carbocycles. The number of carbonyl (C=O) groups excluding carboxylic acids is 1. The summed E-state index contributed by atoms with van der Waals surface area (Å²) in [6.45, 7) is 0.244. The highest BCUT2D eigenvalue weighted by Gasteiger charge is 2.24. The van der Waals surface area contributed by atoms with E-state index in [0.717, 1.165) is 5.69 Å². The zero-order chi connectivity index (χ0) is 14.7. The summed E-state index contributed by atoms with van der Waals surface area (Å²) in [6.07, 6.45) is 6.63. The molecule has 1 heterocycles. The molecule has 1 aromatic carbocycles. The van der Waals surface area contributed by atoms with Crippen LogP contribution < -0.4 is 5.32 Å². The first kappa shape index (κ1) is 13.8. The normalized spacial score (nSPS) is 14.1. The lowest BCUT2D eigenvalue weighted by molar-refractivity contribution is -0.121. The van der Waals surface area contributed by atoms with Crippen molar-refractivity contribution in [3.05, 3.63) is 53.4 Å². The minimum absolute atomic E-state index is 0.0826. The van der Waals surface area contributed by atoms with Gasteiger partial charge in [0.05, 0.1) is 6.33 Å². The van der Waals surface area contributed by atoms with E-state index in [0.29, 0.717) is 24.3 Å². The first-order valence-electron chi connectivity index (χ1n) is 7.24. The van der Waals surface area contributed by atoms with Gasteiger partial charge in [0.15, 0.2) is 0 Å². The topological polar surface area (TPSA) is 57.8 Å². The number of imidazole rings is 1. The van der Waals surface area contributed by atoms with Crippen molar-refractivity contribution < 1.29 is 9.18 Å². The second kappa shape index (κ2) is 6.08.